The molecule has 0 amide bonds. The molecule has 2 aromatic rings. The maximum absolute atomic E-state index is 4.32. The summed E-state index contributed by atoms with van der Waals surface area (Å²) in [7, 11) is 0. The van der Waals surface area contributed by atoms with Crippen molar-refractivity contribution in [2.24, 2.45) is 0 Å². The average molecular weight is 280 g/mol. The van der Waals surface area contributed by atoms with E-state index in [1.54, 1.807) is 0 Å². The minimum absolute atomic E-state index is 0.240. The van der Waals surface area contributed by atoms with Crippen LogP contribution in [0.5, 0.6) is 0 Å². The zero-order valence-electron chi connectivity index (χ0n) is 13.0. The second-order valence-electron chi connectivity index (χ2n) is 6.02. The standard InChI is InChI=1S/C19H24N2/c1-3-21-19(18-13-20-11-10-14(18)2)17-9-5-8-16(12-17)15-6-4-7-15/h5,8-13,15,19,21H,3-4,6-7H2,1-2H3. The molecule has 2 heteroatoms. The maximum Gasteiger partial charge on any atom is 0.0594 e. The Morgan fingerprint density at radius 3 is 2.81 bits per heavy atom. The minimum Gasteiger partial charge on any atom is -0.306 e. The molecular formula is C19H24N2. The molecule has 1 heterocycles. The van der Waals surface area contributed by atoms with Crippen molar-refractivity contribution in [2.75, 3.05) is 6.54 Å². The molecule has 2 nitrogen and oxygen atoms in total. The van der Waals surface area contributed by atoms with Crippen LogP contribution in [0.2, 0.25) is 0 Å². The molecule has 1 aromatic heterocycles. The van der Waals surface area contributed by atoms with Gasteiger partial charge in [0.05, 0.1) is 6.04 Å². The molecule has 0 radical (unpaired) electrons. The lowest BCUT2D eigenvalue weighted by atomic mass is 9.79. The number of rotatable bonds is 5. The molecule has 1 aromatic carbocycles. The SMILES string of the molecule is CCNC(c1cccc(C2CCC2)c1)c1cnccc1C. The molecule has 1 fully saturated rings. The monoisotopic (exact) mass is 280 g/mol. The number of benzene rings is 1. The van der Waals surface area contributed by atoms with E-state index in [4.69, 9.17) is 0 Å². The summed E-state index contributed by atoms with van der Waals surface area (Å²) in [5.41, 5.74) is 5.44. The number of hydrogen-bond acceptors (Lipinski definition) is 2. The summed E-state index contributed by atoms with van der Waals surface area (Å²) in [6.07, 6.45) is 7.95. The predicted molar refractivity (Wildman–Crippen MR) is 87.5 cm³/mol. The average Bonchev–Trinajstić information content (AvgIpc) is 2.44. The molecule has 0 saturated heterocycles. The first-order valence-corrected chi connectivity index (χ1v) is 8.03. The number of aryl methyl sites for hydroxylation is 1. The Morgan fingerprint density at radius 1 is 1.29 bits per heavy atom. The Hall–Kier alpha value is -1.67. The van der Waals surface area contributed by atoms with Crippen LogP contribution in [0.4, 0.5) is 0 Å². The first-order chi connectivity index (χ1) is 10.3. The lowest BCUT2D eigenvalue weighted by Gasteiger charge is -2.27. The fourth-order valence-electron chi connectivity index (χ4n) is 3.12. The smallest absolute Gasteiger partial charge is 0.0594 e. The number of aromatic nitrogens is 1. The number of pyridine rings is 1. The van der Waals surface area contributed by atoms with E-state index in [1.807, 2.05) is 12.4 Å². The predicted octanol–water partition coefficient (Wildman–Crippen LogP) is 4.36. The van der Waals surface area contributed by atoms with Gasteiger partial charge >= 0.3 is 0 Å². The van der Waals surface area contributed by atoms with E-state index in [9.17, 15) is 0 Å². The summed E-state index contributed by atoms with van der Waals surface area (Å²) in [6.45, 7) is 5.28. The largest absolute Gasteiger partial charge is 0.306 e. The summed E-state index contributed by atoms with van der Waals surface area (Å²) in [5.74, 6) is 0.780. The van der Waals surface area contributed by atoms with Gasteiger partial charge in [0, 0.05) is 12.4 Å². The molecule has 1 atom stereocenters. The molecule has 1 N–H and O–H groups in total. The van der Waals surface area contributed by atoms with Crippen LogP contribution in [-0.2, 0) is 0 Å². The van der Waals surface area contributed by atoms with Crippen LogP contribution in [0.3, 0.4) is 0 Å². The third-order valence-electron chi connectivity index (χ3n) is 4.62. The van der Waals surface area contributed by atoms with E-state index < -0.39 is 0 Å². The highest BCUT2D eigenvalue weighted by Gasteiger charge is 2.21. The zero-order chi connectivity index (χ0) is 14.7. The van der Waals surface area contributed by atoms with Crippen LogP contribution in [0, 0.1) is 6.92 Å². The van der Waals surface area contributed by atoms with Gasteiger partial charge in [0.15, 0.2) is 0 Å². The summed E-state index contributed by atoms with van der Waals surface area (Å²) < 4.78 is 0. The quantitative estimate of drug-likeness (QED) is 0.880. The van der Waals surface area contributed by atoms with Gasteiger partial charge in [0.2, 0.25) is 0 Å². The Morgan fingerprint density at radius 2 is 2.14 bits per heavy atom. The molecule has 1 saturated carbocycles. The molecule has 1 unspecified atom stereocenters. The molecule has 0 aliphatic heterocycles. The topological polar surface area (TPSA) is 24.9 Å². The fraction of sp³-hybridized carbons (Fsp3) is 0.421. The van der Waals surface area contributed by atoms with Crippen molar-refractivity contribution in [1.29, 1.82) is 0 Å². The first kappa shape index (κ1) is 14.3. The van der Waals surface area contributed by atoms with Crippen LogP contribution in [0.1, 0.15) is 60.4 Å². The van der Waals surface area contributed by atoms with Crippen molar-refractivity contribution in [3.05, 3.63) is 65.0 Å². The Balaban J connectivity index is 1.95. The summed E-state index contributed by atoms with van der Waals surface area (Å²) in [6, 6.07) is 11.5. The van der Waals surface area contributed by atoms with Gasteiger partial charge in [-0.2, -0.15) is 0 Å². The van der Waals surface area contributed by atoms with Crippen LogP contribution in [0.15, 0.2) is 42.7 Å². The van der Waals surface area contributed by atoms with Crippen LogP contribution >= 0.6 is 0 Å². The molecule has 110 valence electrons. The second-order valence-corrected chi connectivity index (χ2v) is 6.02. The maximum atomic E-state index is 4.32. The van der Waals surface area contributed by atoms with Gasteiger partial charge in [0.25, 0.3) is 0 Å². The number of hydrogen-bond donors (Lipinski definition) is 1. The highest BCUT2D eigenvalue weighted by molar-refractivity contribution is 5.38. The summed E-state index contributed by atoms with van der Waals surface area (Å²) in [4.78, 5) is 4.32. The second kappa shape index (κ2) is 6.40. The summed E-state index contributed by atoms with van der Waals surface area (Å²) >= 11 is 0. The molecule has 0 spiro atoms. The van der Waals surface area contributed by atoms with Crippen molar-refractivity contribution < 1.29 is 0 Å². The van der Waals surface area contributed by atoms with Crippen molar-refractivity contribution in [3.8, 4) is 0 Å². The van der Waals surface area contributed by atoms with E-state index in [0.29, 0.717) is 0 Å². The van der Waals surface area contributed by atoms with Gasteiger partial charge in [-0.25, -0.2) is 0 Å². The molecule has 3 rings (SSSR count). The van der Waals surface area contributed by atoms with Gasteiger partial charge in [-0.05, 0) is 60.5 Å². The van der Waals surface area contributed by atoms with Crippen molar-refractivity contribution in [1.82, 2.24) is 10.3 Å². The highest BCUT2D eigenvalue weighted by Crippen LogP contribution is 2.37. The highest BCUT2D eigenvalue weighted by atomic mass is 14.9. The number of nitrogens with one attached hydrogen (secondary N) is 1. The van der Waals surface area contributed by atoms with E-state index in [-0.39, 0.29) is 6.04 Å². The molecular weight excluding hydrogens is 256 g/mol. The van der Waals surface area contributed by atoms with Crippen molar-refractivity contribution >= 4 is 0 Å². The Labute approximate surface area is 127 Å². The van der Waals surface area contributed by atoms with Crippen LogP contribution < -0.4 is 5.32 Å². The lowest BCUT2D eigenvalue weighted by molar-refractivity contribution is 0.419. The third kappa shape index (κ3) is 3.01. The van der Waals surface area contributed by atoms with E-state index in [0.717, 1.165) is 12.5 Å². The molecule has 0 bridgehead atoms. The van der Waals surface area contributed by atoms with Gasteiger partial charge < -0.3 is 5.32 Å². The van der Waals surface area contributed by atoms with Gasteiger partial charge in [0.1, 0.15) is 0 Å². The minimum atomic E-state index is 0.240. The van der Waals surface area contributed by atoms with E-state index in [2.05, 4.69) is 54.5 Å². The molecule has 21 heavy (non-hydrogen) atoms. The molecule has 1 aliphatic carbocycles. The fourth-order valence-corrected chi connectivity index (χ4v) is 3.12. The summed E-state index contributed by atoms with van der Waals surface area (Å²) in [5, 5.41) is 3.62. The third-order valence-corrected chi connectivity index (χ3v) is 4.62. The Bertz CT molecular complexity index is 602. The van der Waals surface area contributed by atoms with Crippen molar-refractivity contribution in [3.63, 3.8) is 0 Å². The van der Waals surface area contributed by atoms with E-state index in [1.165, 1.54) is 41.5 Å². The molecule has 1 aliphatic rings. The number of nitrogens with zero attached hydrogens (tertiary/aromatic N) is 1. The lowest BCUT2D eigenvalue weighted by Crippen LogP contribution is -2.23. The van der Waals surface area contributed by atoms with Gasteiger partial charge in [-0.1, -0.05) is 37.6 Å². The van der Waals surface area contributed by atoms with Gasteiger partial charge in [-0.15, -0.1) is 0 Å². The van der Waals surface area contributed by atoms with Gasteiger partial charge in [-0.3, -0.25) is 4.98 Å². The van der Waals surface area contributed by atoms with E-state index >= 15 is 0 Å². The first-order valence-electron chi connectivity index (χ1n) is 8.03. The normalized spacial score (nSPS) is 16.5. The Kier molecular flexibility index (Phi) is 4.35. The van der Waals surface area contributed by atoms with Crippen LogP contribution in [0.25, 0.3) is 0 Å². The zero-order valence-corrected chi connectivity index (χ0v) is 13.0. The van der Waals surface area contributed by atoms with Crippen LogP contribution in [-0.4, -0.2) is 11.5 Å². The van der Waals surface area contributed by atoms with Crippen molar-refractivity contribution in [2.45, 2.75) is 45.1 Å².